The van der Waals surface area contributed by atoms with Gasteiger partial charge in [-0.25, -0.2) is 0 Å². The van der Waals surface area contributed by atoms with Gasteiger partial charge in [-0.3, -0.25) is 4.57 Å². The van der Waals surface area contributed by atoms with Crippen molar-refractivity contribution in [1.29, 1.82) is 0 Å². The summed E-state index contributed by atoms with van der Waals surface area (Å²) in [6.07, 6.45) is 17.9. The molecule has 0 atom stereocenters. The SMILES string of the molecule is CCCC[P+](CCCC)(CCCC)CCCC.CCOP(=O)([O-])OCC. The summed E-state index contributed by atoms with van der Waals surface area (Å²) in [7, 11) is -4.50. The standard InChI is InChI=1S/C16H36P.C4H11O4P/c1-5-9-13-17(14-10-6-2,15-11-7-3)16-12-8-4;1-3-7-9(5,6)8-4-2/h5-16H2,1-4H3;3-4H2,1-2H3,(H,5,6)/q+1;/p-1. The predicted molar refractivity (Wildman–Crippen MR) is 117 cm³/mol. The lowest BCUT2D eigenvalue weighted by atomic mass is 10.4. The van der Waals surface area contributed by atoms with Crippen molar-refractivity contribution in [3.63, 3.8) is 0 Å². The van der Waals surface area contributed by atoms with E-state index in [-0.39, 0.29) is 13.2 Å². The largest absolute Gasteiger partial charge is 0.756 e. The Morgan fingerprint density at radius 2 is 0.923 bits per heavy atom. The Bertz CT molecular complexity index is 290. The third-order valence-electron chi connectivity index (χ3n) is 4.52. The van der Waals surface area contributed by atoms with Crippen molar-refractivity contribution in [1.82, 2.24) is 0 Å². The average molecular weight is 413 g/mol. The van der Waals surface area contributed by atoms with E-state index in [1.54, 1.807) is 38.5 Å². The first-order valence-corrected chi connectivity index (χ1v) is 14.8. The Kier molecular flexibility index (Phi) is 20.9. The molecule has 0 aliphatic rings. The number of phosphoric acid groups is 1. The molecule has 0 N–H and O–H groups in total. The molecule has 26 heavy (non-hydrogen) atoms. The molecular formula is C20H46O4P2. The van der Waals surface area contributed by atoms with Crippen LogP contribution in [0.1, 0.15) is 92.9 Å². The van der Waals surface area contributed by atoms with E-state index in [1.165, 1.54) is 51.4 Å². The Labute approximate surface area is 164 Å². The van der Waals surface area contributed by atoms with Crippen LogP contribution in [0, 0.1) is 0 Å². The van der Waals surface area contributed by atoms with Crippen LogP contribution in [0.25, 0.3) is 0 Å². The van der Waals surface area contributed by atoms with Gasteiger partial charge in [0, 0.05) is 7.26 Å². The van der Waals surface area contributed by atoms with E-state index in [1.807, 2.05) is 0 Å². The fraction of sp³-hybridized carbons (Fsp3) is 1.00. The van der Waals surface area contributed by atoms with Gasteiger partial charge in [0.25, 0.3) is 7.82 Å². The third-order valence-corrected chi connectivity index (χ3v) is 10.7. The highest BCUT2D eigenvalue weighted by molar-refractivity contribution is 7.75. The normalized spacial score (nSPS) is 12.0. The highest BCUT2D eigenvalue weighted by Gasteiger charge is 2.34. The van der Waals surface area contributed by atoms with E-state index in [0.717, 1.165) is 0 Å². The van der Waals surface area contributed by atoms with Crippen LogP contribution in [-0.2, 0) is 13.6 Å². The molecule has 0 aromatic rings. The second kappa shape index (κ2) is 18.9. The molecule has 0 saturated heterocycles. The van der Waals surface area contributed by atoms with E-state index in [4.69, 9.17) is 0 Å². The quantitative estimate of drug-likeness (QED) is 0.264. The van der Waals surface area contributed by atoms with Gasteiger partial charge < -0.3 is 13.9 Å². The van der Waals surface area contributed by atoms with Gasteiger partial charge in [-0.05, 0) is 39.5 Å². The van der Waals surface area contributed by atoms with Gasteiger partial charge >= 0.3 is 0 Å². The molecule has 0 amide bonds. The minimum absolute atomic E-state index is 0.126. The van der Waals surface area contributed by atoms with Gasteiger partial charge in [0.15, 0.2) is 0 Å². The zero-order chi connectivity index (χ0) is 20.3. The first kappa shape index (κ1) is 28.7. The minimum atomic E-state index is -3.94. The van der Waals surface area contributed by atoms with Crippen LogP contribution in [-0.4, -0.2) is 37.9 Å². The fourth-order valence-electron chi connectivity index (χ4n) is 3.00. The van der Waals surface area contributed by atoms with Gasteiger partial charge in [-0.1, -0.05) is 53.4 Å². The van der Waals surface area contributed by atoms with Crippen LogP contribution in [0.3, 0.4) is 0 Å². The second-order valence-corrected chi connectivity index (χ2v) is 12.8. The number of unbranched alkanes of at least 4 members (excludes halogenated alkanes) is 4. The van der Waals surface area contributed by atoms with Crippen LogP contribution in [0.5, 0.6) is 0 Å². The van der Waals surface area contributed by atoms with Crippen LogP contribution < -0.4 is 4.89 Å². The molecule has 0 saturated carbocycles. The van der Waals surface area contributed by atoms with Crippen molar-refractivity contribution in [2.75, 3.05) is 37.9 Å². The Balaban J connectivity index is 0. The molecule has 0 aromatic heterocycles. The van der Waals surface area contributed by atoms with E-state index in [0.29, 0.717) is 0 Å². The van der Waals surface area contributed by atoms with Gasteiger partial charge in [0.2, 0.25) is 0 Å². The Morgan fingerprint density at radius 3 is 1.12 bits per heavy atom. The summed E-state index contributed by atoms with van der Waals surface area (Å²) >= 11 is 0. The lowest BCUT2D eigenvalue weighted by Crippen LogP contribution is -2.12. The monoisotopic (exact) mass is 412 g/mol. The van der Waals surface area contributed by atoms with Gasteiger partial charge in [0.05, 0.1) is 37.9 Å². The molecule has 0 aliphatic heterocycles. The van der Waals surface area contributed by atoms with Crippen LogP contribution >= 0.6 is 15.1 Å². The van der Waals surface area contributed by atoms with Crippen molar-refractivity contribution in [2.24, 2.45) is 0 Å². The molecule has 0 spiro atoms. The molecular weight excluding hydrogens is 366 g/mol. The lowest BCUT2D eigenvalue weighted by Gasteiger charge is -2.28. The van der Waals surface area contributed by atoms with Crippen LogP contribution in [0.15, 0.2) is 0 Å². The van der Waals surface area contributed by atoms with Crippen molar-refractivity contribution in [3.8, 4) is 0 Å². The average Bonchev–Trinajstić information content (AvgIpc) is 2.61. The van der Waals surface area contributed by atoms with Crippen molar-refractivity contribution < 1.29 is 18.5 Å². The van der Waals surface area contributed by atoms with Gasteiger partial charge in [-0.15, -0.1) is 0 Å². The maximum absolute atomic E-state index is 10.4. The molecule has 6 heteroatoms. The van der Waals surface area contributed by atoms with Crippen molar-refractivity contribution >= 4 is 15.1 Å². The van der Waals surface area contributed by atoms with Crippen LogP contribution in [0.4, 0.5) is 0 Å². The van der Waals surface area contributed by atoms with Crippen LogP contribution in [0.2, 0.25) is 0 Å². The van der Waals surface area contributed by atoms with Gasteiger partial charge in [-0.2, -0.15) is 0 Å². The summed E-state index contributed by atoms with van der Waals surface area (Å²) < 4.78 is 18.9. The number of hydrogen-bond acceptors (Lipinski definition) is 4. The summed E-state index contributed by atoms with van der Waals surface area (Å²) in [6.45, 7) is 12.8. The molecule has 0 heterocycles. The number of rotatable bonds is 16. The topological polar surface area (TPSA) is 58.6 Å². The summed E-state index contributed by atoms with van der Waals surface area (Å²) in [5, 5.41) is 0. The maximum Gasteiger partial charge on any atom is 0.267 e. The smallest absolute Gasteiger partial charge is 0.267 e. The van der Waals surface area contributed by atoms with E-state index in [9.17, 15) is 9.46 Å². The highest BCUT2D eigenvalue weighted by Crippen LogP contribution is 2.61. The zero-order valence-corrected chi connectivity index (χ0v) is 20.2. The predicted octanol–water partition coefficient (Wildman–Crippen LogP) is 6.73. The van der Waals surface area contributed by atoms with E-state index >= 15 is 0 Å². The minimum Gasteiger partial charge on any atom is -0.756 e. The van der Waals surface area contributed by atoms with E-state index < -0.39 is 15.1 Å². The molecule has 0 fully saturated rings. The van der Waals surface area contributed by atoms with Crippen molar-refractivity contribution in [2.45, 2.75) is 92.9 Å². The molecule has 0 radical (unpaired) electrons. The Hall–Kier alpha value is 0.540. The summed E-state index contributed by atoms with van der Waals surface area (Å²) in [5.41, 5.74) is 0. The third kappa shape index (κ3) is 16.7. The zero-order valence-electron chi connectivity index (χ0n) is 18.4. The Morgan fingerprint density at radius 1 is 0.654 bits per heavy atom. The van der Waals surface area contributed by atoms with Gasteiger partial charge in [0.1, 0.15) is 0 Å². The fourth-order valence-corrected chi connectivity index (χ4v) is 9.00. The summed E-state index contributed by atoms with van der Waals surface area (Å²) in [4.78, 5) is 10.4. The first-order valence-electron chi connectivity index (χ1n) is 10.8. The highest BCUT2D eigenvalue weighted by atomic mass is 31.2. The molecule has 0 rings (SSSR count). The summed E-state index contributed by atoms with van der Waals surface area (Å²) in [5.74, 6) is 0. The molecule has 0 bridgehead atoms. The molecule has 4 nitrogen and oxygen atoms in total. The number of phosphoric ester groups is 1. The molecule has 0 unspecified atom stereocenters. The maximum atomic E-state index is 10.4. The summed E-state index contributed by atoms with van der Waals surface area (Å²) in [6, 6.07) is 0. The first-order chi connectivity index (χ1) is 12.4. The molecule has 0 aromatic carbocycles. The van der Waals surface area contributed by atoms with E-state index in [2.05, 4.69) is 36.7 Å². The molecule has 160 valence electrons. The number of hydrogen-bond donors (Lipinski definition) is 0. The van der Waals surface area contributed by atoms with Crippen molar-refractivity contribution in [3.05, 3.63) is 0 Å². The lowest BCUT2D eigenvalue weighted by molar-refractivity contribution is -0.224. The molecule has 0 aliphatic carbocycles. The second-order valence-electron chi connectivity index (χ2n) is 6.93.